The molecule has 2 aliphatic rings. The predicted octanol–water partition coefficient (Wildman–Crippen LogP) is 3.73. The minimum absolute atomic E-state index is 0.0279. The molecule has 10 nitrogen and oxygen atoms in total. The standard InChI is InChI=1S/C28H40N6O4/c1-27(2,17-35)15-30-24(36)18-11-12-20(22(13-18)38-6)31-26-29-14-21-23(32-26)34(19-9-7-8-10-19)16-28(3,4)25(37)33(21)5/h11-14,19,35H,7-10,15-17H2,1-6H3,(H,30,36)(H,29,31,32). The molecule has 3 N–H and O–H groups in total. The Morgan fingerprint density at radius 3 is 2.63 bits per heavy atom. The Morgan fingerprint density at radius 1 is 1.26 bits per heavy atom. The van der Waals surface area contributed by atoms with E-state index in [1.54, 1.807) is 43.5 Å². The van der Waals surface area contributed by atoms with Crippen LogP contribution in [0.1, 0.15) is 63.7 Å². The summed E-state index contributed by atoms with van der Waals surface area (Å²) in [6.45, 7) is 8.64. The molecular formula is C28H40N6O4. The first kappa shape index (κ1) is 27.6. The number of benzene rings is 1. The summed E-state index contributed by atoms with van der Waals surface area (Å²) in [5.74, 6) is 1.39. The van der Waals surface area contributed by atoms with Gasteiger partial charge in [0.05, 0.1) is 24.4 Å². The summed E-state index contributed by atoms with van der Waals surface area (Å²) in [5, 5.41) is 15.5. The van der Waals surface area contributed by atoms with Gasteiger partial charge >= 0.3 is 0 Å². The van der Waals surface area contributed by atoms with Gasteiger partial charge in [-0.15, -0.1) is 0 Å². The van der Waals surface area contributed by atoms with E-state index in [0.717, 1.165) is 18.7 Å². The number of carbonyl (C=O) groups excluding carboxylic acids is 2. The van der Waals surface area contributed by atoms with Gasteiger partial charge < -0.3 is 30.3 Å². The lowest BCUT2D eigenvalue weighted by molar-refractivity contribution is -0.125. The van der Waals surface area contributed by atoms with Crippen molar-refractivity contribution in [2.45, 2.75) is 59.4 Å². The molecule has 2 aromatic rings. The van der Waals surface area contributed by atoms with E-state index in [9.17, 15) is 14.7 Å². The Hall–Kier alpha value is -3.40. The number of ether oxygens (including phenoxy) is 1. The number of rotatable bonds is 8. The number of aliphatic hydroxyl groups is 1. The quantitative estimate of drug-likeness (QED) is 0.478. The molecule has 1 saturated carbocycles. The molecule has 4 rings (SSSR count). The topological polar surface area (TPSA) is 120 Å². The second-order valence-electron chi connectivity index (χ2n) is 11.8. The maximum absolute atomic E-state index is 13.2. The Bertz CT molecular complexity index is 1190. The van der Waals surface area contributed by atoms with E-state index in [1.807, 2.05) is 27.7 Å². The van der Waals surface area contributed by atoms with Crippen LogP contribution in [-0.4, -0.2) is 66.8 Å². The molecule has 0 spiro atoms. The minimum atomic E-state index is -0.558. The molecule has 38 heavy (non-hydrogen) atoms. The molecule has 0 atom stereocenters. The first-order chi connectivity index (χ1) is 18.0. The minimum Gasteiger partial charge on any atom is -0.495 e. The first-order valence-electron chi connectivity index (χ1n) is 13.2. The third-order valence-electron chi connectivity index (χ3n) is 7.46. The second-order valence-corrected chi connectivity index (χ2v) is 11.8. The summed E-state index contributed by atoms with van der Waals surface area (Å²) < 4.78 is 5.57. The van der Waals surface area contributed by atoms with Crippen LogP contribution in [0.4, 0.5) is 23.1 Å². The monoisotopic (exact) mass is 524 g/mol. The molecule has 1 aromatic heterocycles. The highest BCUT2D eigenvalue weighted by Gasteiger charge is 2.41. The molecule has 1 fully saturated rings. The number of fused-ring (bicyclic) bond motifs is 1. The van der Waals surface area contributed by atoms with Crippen molar-refractivity contribution in [2.75, 3.05) is 49.0 Å². The molecule has 2 amide bonds. The number of anilines is 4. The van der Waals surface area contributed by atoms with Crippen LogP contribution in [0.25, 0.3) is 0 Å². The van der Waals surface area contributed by atoms with Gasteiger partial charge in [0.15, 0.2) is 5.82 Å². The van der Waals surface area contributed by atoms with E-state index in [0.29, 0.717) is 47.8 Å². The Kier molecular flexibility index (Phi) is 7.83. The Morgan fingerprint density at radius 2 is 1.97 bits per heavy atom. The van der Waals surface area contributed by atoms with Crippen LogP contribution in [0.3, 0.4) is 0 Å². The average molecular weight is 525 g/mol. The van der Waals surface area contributed by atoms with Crippen molar-refractivity contribution in [1.29, 1.82) is 0 Å². The summed E-state index contributed by atoms with van der Waals surface area (Å²) in [6.07, 6.45) is 6.19. The number of hydrogen-bond acceptors (Lipinski definition) is 8. The SMILES string of the molecule is COc1cc(C(=O)NCC(C)(C)CO)ccc1Nc1ncc2c(n1)N(C1CCCC1)CC(C)(C)C(=O)N2C. The van der Waals surface area contributed by atoms with Crippen molar-refractivity contribution >= 4 is 35.0 Å². The first-order valence-corrected chi connectivity index (χ1v) is 13.2. The van der Waals surface area contributed by atoms with Gasteiger partial charge in [-0.2, -0.15) is 4.98 Å². The average Bonchev–Trinajstić information content (AvgIpc) is 3.42. The number of amides is 2. The van der Waals surface area contributed by atoms with Crippen LogP contribution in [-0.2, 0) is 4.79 Å². The van der Waals surface area contributed by atoms with E-state index in [-0.39, 0.29) is 18.4 Å². The number of hydrogen-bond donors (Lipinski definition) is 3. The normalized spacial score (nSPS) is 17.7. The summed E-state index contributed by atoms with van der Waals surface area (Å²) in [7, 11) is 3.32. The van der Waals surface area contributed by atoms with Crippen molar-refractivity contribution < 1.29 is 19.4 Å². The van der Waals surface area contributed by atoms with Gasteiger partial charge in [-0.25, -0.2) is 4.98 Å². The molecule has 1 aliphatic carbocycles. The van der Waals surface area contributed by atoms with Gasteiger partial charge in [0.25, 0.3) is 5.91 Å². The van der Waals surface area contributed by atoms with Crippen LogP contribution in [0.15, 0.2) is 24.4 Å². The van der Waals surface area contributed by atoms with E-state index in [1.165, 1.54) is 12.8 Å². The Balaban J connectivity index is 1.62. The lowest BCUT2D eigenvalue weighted by Gasteiger charge is -2.34. The van der Waals surface area contributed by atoms with Crippen LogP contribution < -0.4 is 25.2 Å². The third kappa shape index (κ3) is 5.70. The Labute approximate surface area is 224 Å². The van der Waals surface area contributed by atoms with Gasteiger partial charge in [-0.1, -0.05) is 26.7 Å². The van der Waals surface area contributed by atoms with E-state index < -0.39 is 10.8 Å². The molecule has 0 bridgehead atoms. The van der Waals surface area contributed by atoms with Gasteiger partial charge in [-0.3, -0.25) is 9.59 Å². The highest BCUT2D eigenvalue weighted by atomic mass is 16.5. The molecule has 10 heteroatoms. The highest BCUT2D eigenvalue weighted by Crippen LogP contribution is 2.40. The fourth-order valence-electron chi connectivity index (χ4n) is 5.06. The third-order valence-corrected chi connectivity index (χ3v) is 7.46. The summed E-state index contributed by atoms with van der Waals surface area (Å²) in [6, 6.07) is 5.45. The zero-order chi connectivity index (χ0) is 27.7. The molecule has 0 saturated heterocycles. The fourth-order valence-corrected chi connectivity index (χ4v) is 5.06. The molecular weight excluding hydrogens is 484 g/mol. The smallest absolute Gasteiger partial charge is 0.251 e. The highest BCUT2D eigenvalue weighted by molar-refractivity contribution is 6.01. The summed E-state index contributed by atoms with van der Waals surface area (Å²) in [4.78, 5) is 39.3. The number of nitrogens with one attached hydrogen (secondary N) is 2. The predicted molar refractivity (Wildman–Crippen MR) is 148 cm³/mol. The molecule has 1 aliphatic heterocycles. The maximum atomic E-state index is 13.2. The lowest BCUT2D eigenvalue weighted by atomic mass is 9.91. The summed E-state index contributed by atoms with van der Waals surface area (Å²) >= 11 is 0. The van der Waals surface area contributed by atoms with E-state index in [2.05, 4.69) is 20.5 Å². The van der Waals surface area contributed by atoms with Crippen molar-refractivity contribution in [3.63, 3.8) is 0 Å². The maximum Gasteiger partial charge on any atom is 0.251 e. The number of methoxy groups -OCH3 is 1. The second kappa shape index (κ2) is 10.8. The molecule has 0 radical (unpaired) electrons. The zero-order valence-corrected chi connectivity index (χ0v) is 23.3. The van der Waals surface area contributed by atoms with Crippen LogP contribution in [0.5, 0.6) is 5.75 Å². The molecule has 0 unspecified atom stereocenters. The number of aromatic nitrogens is 2. The number of carbonyl (C=O) groups is 2. The van der Waals surface area contributed by atoms with Gasteiger partial charge in [0.1, 0.15) is 11.4 Å². The van der Waals surface area contributed by atoms with Gasteiger partial charge in [0, 0.05) is 43.8 Å². The lowest BCUT2D eigenvalue weighted by Crippen LogP contribution is -2.45. The van der Waals surface area contributed by atoms with Crippen molar-refractivity contribution in [1.82, 2.24) is 15.3 Å². The van der Waals surface area contributed by atoms with Crippen molar-refractivity contribution in [2.24, 2.45) is 10.8 Å². The largest absolute Gasteiger partial charge is 0.495 e. The van der Waals surface area contributed by atoms with Gasteiger partial charge in [-0.05, 0) is 44.9 Å². The number of aliphatic hydroxyl groups excluding tert-OH is 1. The van der Waals surface area contributed by atoms with E-state index in [4.69, 9.17) is 9.72 Å². The number of nitrogens with zero attached hydrogens (tertiary/aromatic N) is 4. The van der Waals surface area contributed by atoms with Crippen LogP contribution in [0.2, 0.25) is 0 Å². The molecule has 206 valence electrons. The fraction of sp³-hybridized carbons (Fsp3) is 0.571. The van der Waals surface area contributed by atoms with Crippen molar-refractivity contribution in [3.8, 4) is 5.75 Å². The van der Waals surface area contributed by atoms with Crippen LogP contribution in [0, 0.1) is 10.8 Å². The molecule has 1 aromatic carbocycles. The summed E-state index contributed by atoms with van der Waals surface area (Å²) in [5.41, 5.74) is 0.786. The van der Waals surface area contributed by atoms with E-state index >= 15 is 0 Å². The van der Waals surface area contributed by atoms with Crippen LogP contribution >= 0.6 is 0 Å². The van der Waals surface area contributed by atoms with Crippen molar-refractivity contribution in [3.05, 3.63) is 30.0 Å². The molecule has 2 heterocycles. The van der Waals surface area contributed by atoms with Gasteiger partial charge in [0.2, 0.25) is 11.9 Å². The zero-order valence-electron chi connectivity index (χ0n) is 23.3.